The highest BCUT2D eigenvalue weighted by atomic mass is 35.5. The zero-order chi connectivity index (χ0) is 22.1. The molecule has 0 aliphatic carbocycles. The van der Waals surface area contributed by atoms with Crippen LogP contribution in [0, 0.1) is 5.92 Å². The Labute approximate surface area is 192 Å². The molecular formula is C21H23Cl3N2O3S. The second-order valence-corrected chi connectivity index (χ2v) is 10.8. The smallest absolute Gasteiger partial charge is 0.272 e. The van der Waals surface area contributed by atoms with E-state index in [0.29, 0.717) is 12.5 Å². The summed E-state index contributed by atoms with van der Waals surface area (Å²) in [5.41, 5.74) is 0.506. The minimum absolute atomic E-state index is 0.00983. The molecule has 1 amide bonds. The van der Waals surface area contributed by atoms with E-state index in [1.807, 2.05) is 11.8 Å². The van der Waals surface area contributed by atoms with Crippen molar-refractivity contribution in [2.75, 3.05) is 6.54 Å². The number of likely N-dealkylation sites (tertiary alicyclic amines) is 1. The zero-order valence-corrected chi connectivity index (χ0v) is 19.8. The molecule has 0 N–H and O–H groups in total. The predicted octanol–water partition coefficient (Wildman–Crippen LogP) is 5.67. The summed E-state index contributed by atoms with van der Waals surface area (Å²) in [7, 11) is -3.84. The Morgan fingerprint density at radius 1 is 1.13 bits per heavy atom. The molecule has 2 aromatic rings. The minimum atomic E-state index is -3.84. The van der Waals surface area contributed by atoms with Gasteiger partial charge in [0.05, 0.1) is 31.4 Å². The molecule has 1 aliphatic heterocycles. The van der Waals surface area contributed by atoms with Crippen molar-refractivity contribution >= 4 is 50.5 Å². The van der Waals surface area contributed by atoms with E-state index in [0.717, 1.165) is 19.3 Å². The van der Waals surface area contributed by atoms with E-state index >= 15 is 0 Å². The maximum Gasteiger partial charge on any atom is 0.272 e. The van der Waals surface area contributed by atoms with Crippen molar-refractivity contribution in [3.05, 3.63) is 56.8 Å². The number of piperidine rings is 1. The van der Waals surface area contributed by atoms with E-state index in [-0.39, 0.29) is 43.3 Å². The lowest BCUT2D eigenvalue weighted by atomic mass is 9.91. The number of benzene rings is 1. The van der Waals surface area contributed by atoms with Crippen LogP contribution in [0.25, 0.3) is 0 Å². The third-order valence-corrected chi connectivity index (χ3v) is 8.32. The molecule has 2 unspecified atom stereocenters. The van der Waals surface area contributed by atoms with Gasteiger partial charge in [0, 0.05) is 12.6 Å². The summed E-state index contributed by atoms with van der Waals surface area (Å²) >= 11 is 17.9. The molecule has 0 spiro atoms. The van der Waals surface area contributed by atoms with Gasteiger partial charge >= 0.3 is 0 Å². The van der Waals surface area contributed by atoms with Crippen LogP contribution >= 0.6 is 34.8 Å². The summed E-state index contributed by atoms with van der Waals surface area (Å²) in [5, 5.41) is 0.262. The van der Waals surface area contributed by atoms with E-state index in [1.165, 1.54) is 12.1 Å². The Morgan fingerprint density at radius 2 is 1.83 bits per heavy atom. The van der Waals surface area contributed by atoms with Crippen molar-refractivity contribution in [1.29, 1.82) is 0 Å². The van der Waals surface area contributed by atoms with Crippen LogP contribution in [-0.4, -0.2) is 36.8 Å². The summed E-state index contributed by atoms with van der Waals surface area (Å²) in [6.45, 7) is 4.85. The molecule has 2 heterocycles. The molecule has 1 saturated heterocycles. The van der Waals surface area contributed by atoms with Crippen LogP contribution in [0.2, 0.25) is 15.1 Å². The summed E-state index contributed by atoms with van der Waals surface area (Å²) in [4.78, 5) is 19.1. The van der Waals surface area contributed by atoms with Gasteiger partial charge in [-0.1, -0.05) is 54.2 Å². The fourth-order valence-corrected chi connectivity index (χ4v) is 5.96. The molecule has 162 valence electrons. The SMILES string of the molecule is CCC1CCC(C)N(C(=O)c2cccc(CS(=O)(=O)c3cc(Cl)c(Cl)cc3Cl)n2)C1. The monoisotopic (exact) mass is 488 g/mol. The largest absolute Gasteiger partial charge is 0.334 e. The highest BCUT2D eigenvalue weighted by Crippen LogP contribution is 2.33. The van der Waals surface area contributed by atoms with Gasteiger partial charge in [-0.15, -0.1) is 0 Å². The lowest BCUT2D eigenvalue weighted by molar-refractivity contribution is 0.0550. The normalized spacial score (nSPS) is 19.7. The Morgan fingerprint density at radius 3 is 2.53 bits per heavy atom. The number of halogens is 3. The predicted molar refractivity (Wildman–Crippen MR) is 120 cm³/mol. The van der Waals surface area contributed by atoms with E-state index in [2.05, 4.69) is 11.9 Å². The number of pyridine rings is 1. The molecule has 1 aromatic heterocycles. The zero-order valence-electron chi connectivity index (χ0n) is 16.7. The number of nitrogens with zero attached hydrogens (tertiary/aromatic N) is 2. The number of amides is 1. The molecule has 5 nitrogen and oxygen atoms in total. The van der Waals surface area contributed by atoms with Gasteiger partial charge in [0.25, 0.3) is 5.91 Å². The van der Waals surface area contributed by atoms with Gasteiger partial charge in [-0.2, -0.15) is 0 Å². The van der Waals surface area contributed by atoms with Crippen LogP contribution in [0.4, 0.5) is 0 Å². The molecule has 1 aromatic carbocycles. The van der Waals surface area contributed by atoms with Crippen molar-refractivity contribution in [3.63, 3.8) is 0 Å². The van der Waals surface area contributed by atoms with Crippen LogP contribution in [0.3, 0.4) is 0 Å². The van der Waals surface area contributed by atoms with Crippen LogP contribution in [-0.2, 0) is 15.6 Å². The number of hydrogen-bond donors (Lipinski definition) is 0. The van der Waals surface area contributed by atoms with Crippen molar-refractivity contribution in [2.45, 2.75) is 49.8 Å². The summed E-state index contributed by atoms with van der Waals surface area (Å²) in [5.74, 6) is -0.100. The van der Waals surface area contributed by atoms with Crippen LogP contribution in [0.5, 0.6) is 0 Å². The molecule has 9 heteroatoms. The fraction of sp³-hybridized carbons (Fsp3) is 0.429. The molecular weight excluding hydrogens is 467 g/mol. The average Bonchev–Trinajstić information content (AvgIpc) is 2.70. The molecule has 3 rings (SSSR count). The van der Waals surface area contributed by atoms with E-state index in [4.69, 9.17) is 34.8 Å². The Bertz CT molecular complexity index is 1060. The molecule has 1 aliphatic rings. The van der Waals surface area contributed by atoms with Gasteiger partial charge in [0.2, 0.25) is 0 Å². The van der Waals surface area contributed by atoms with Gasteiger partial charge in [-0.05, 0) is 49.9 Å². The number of carbonyl (C=O) groups excluding carboxylic acids is 1. The first-order chi connectivity index (χ1) is 14.1. The molecule has 30 heavy (non-hydrogen) atoms. The van der Waals surface area contributed by atoms with Gasteiger partial charge in [0.15, 0.2) is 9.84 Å². The molecule has 0 saturated carbocycles. The van der Waals surface area contributed by atoms with Crippen molar-refractivity contribution in [3.8, 4) is 0 Å². The van der Waals surface area contributed by atoms with E-state index in [1.54, 1.807) is 18.2 Å². The first-order valence-electron chi connectivity index (χ1n) is 9.76. The topological polar surface area (TPSA) is 67.3 Å². The van der Waals surface area contributed by atoms with Gasteiger partial charge in [0.1, 0.15) is 5.69 Å². The minimum Gasteiger partial charge on any atom is -0.334 e. The second-order valence-electron chi connectivity index (χ2n) is 7.63. The number of aromatic nitrogens is 1. The summed E-state index contributed by atoms with van der Waals surface area (Å²) < 4.78 is 25.8. The Hall–Kier alpha value is -1.34. The number of carbonyl (C=O) groups is 1. The van der Waals surface area contributed by atoms with Gasteiger partial charge in [-0.25, -0.2) is 13.4 Å². The second kappa shape index (κ2) is 9.43. The number of hydrogen-bond acceptors (Lipinski definition) is 4. The van der Waals surface area contributed by atoms with Crippen LogP contribution in [0.1, 0.15) is 49.3 Å². The molecule has 1 fully saturated rings. The Kier molecular flexibility index (Phi) is 7.33. The van der Waals surface area contributed by atoms with E-state index in [9.17, 15) is 13.2 Å². The lowest BCUT2D eigenvalue weighted by Gasteiger charge is -2.37. The summed E-state index contributed by atoms with van der Waals surface area (Å²) in [6, 6.07) is 7.50. The lowest BCUT2D eigenvalue weighted by Crippen LogP contribution is -2.45. The maximum absolute atomic E-state index is 13.1. The number of rotatable bonds is 5. The first-order valence-corrected chi connectivity index (χ1v) is 12.5. The molecule has 0 bridgehead atoms. The quantitative estimate of drug-likeness (QED) is 0.508. The number of sulfone groups is 1. The average molecular weight is 490 g/mol. The first kappa shape index (κ1) is 23.3. The van der Waals surface area contributed by atoms with Crippen LogP contribution in [0.15, 0.2) is 35.2 Å². The highest BCUT2D eigenvalue weighted by molar-refractivity contribution is 7.90. The standard InChI is InChI=1S/C21H23Cl3N2O3S/c1-3-14-8-7-13(2)26(11-14)21(27)19-6-4-5-15(25-19)12-30(28,29)20-10-17(23)16(22)9-18(20)24/h4-6,9-10,13-14H,3,7-8,11-12H2,1-2H3. The van der Waals surface area contributed by atoms with Crippen molar-refractivity contribution < 1.29 is 13.2 Å². The third kappa shape index (κ3) is 5.10. The summed E-state index contributed by atoms with van der Waals surface area (Å²) in [6.07, 6.45) is 3.08. The van der Waals surface area contributed by atoms with Crippen LogP contribution < -0.4 is 0 Å². The molecule has 0 radical (unpaired) electrons. The third-order valence-electron chi connectivity index (χ3n) is 5.49. The Balaban J connectivity index is 1.85. The van der Waals surface area contributed by atoms with E-state index < -0.39 is 15.6 Å². The van der Waals surface area contributed by atoms with Crippen molar-refractivity contribution in [2.24, 2.45) is 5.92 Å². The van der Waals surface area contributed by atoms with Gasteiger partial charge < -0.3 is 4.90 Å². The highest BCUT2D eigenvalue weighted by Gasteiger charge is 2.30. The van der Waals surface area contributed by atoms with Gasteiger partial charge in [-0.3, -0.25) is 4.79 Å². The fourth-order valence-electron chi connectivity index (χ4n) is 3.64. The molecule has 2 atom stereocenters. The maximum atomic E-state index is 13.1. The van der Waals surface area contributed by atoms with Crippen molar-refractivity contribution in [1.82, 2.24) is 9.88 Å².